The lowest BCUT2D eigenvalue weighted by atomic mass is 9.78. The van der Waals surface area contributed by atoms with Crippen LogP contribution in [-0.2, 0) is 0 Å². The monoisotopic (exact) mass is 424 g/mol. The Morgan fingerprint density at radius 1 is 0.710 bits per heavy atom. The Hall–Kier alpha value is -2.88. The Labute approximate surface area is 180 Å². The lowest BCUT2D eigenvalue weighted by Crippen LogP contribution is -2.13. The fraction of sp³-hybridized carbons (Fsp3) is 0.259. The molecule has 0 nitrogen and oxygen atoms in total. The third-order valence-electron chi connectivity index (χ3n) is 6.26. The molecular weight excluding hydrogens is 400 g/mol. The average molecular weight is 424 g/mol. The predicted octanol–water partition coefficient (Wildman–Crippen LogP) is 8.21. The summed E-state index contributed by atoms with van der Waals surface area (Å²) >= 11 is 0. The van der Waals surface area contributed by atoms with Crippen molar-refractivity contribution in [3.8, 4) is 11.1 Å². The van der Waals surface area contributed by atoms with Gasteiger partial charge in [-0.1, -0.05) is 66.7 Å². The molecule has 0 radical (unpaired) electrons. The van der Waals surface area contributed by atoms with E-state index in [0.29, 0.717) is 16.7 Å². The van der Waals surface area contributed by atoms with E-state index in [1.807, 2.05) is 12.1 Å². The van der Waals surface area contributed by atoms with Crippen molar-refractivity contribution in [1.29, 1.82) is 0 Å². The highest BCUT2D eigenvalue weighted by molar-refractivity contribution is 5.67. The van der Waals surface area contributed by atoms with E-state index in [0.717, 1.165) is 25.7 Å². The minimum atomic E-state index is -0.858. The van der Waals surface area contributed by atoms with E-state index in [-0.39, 0.29) is 23.0 Å². The summed E-state index contributed by atoms with van der Waals surface area (Å²) in [6.45, 7) is 1.55. The van der Waals surface area contributed by atoms with Crippen molar-refractivity contribution in [2.75, 3.05) is 0 Å². The number of aryl methyl sites for hydroxylation is 1. The van der Waals surface area contributed by atoms with Crippen LogP contribution in [0.4, 0.5) is 17.6 Å². The van der Waals surface area contributed by atoms with Gasteiger partial charge in [0.2, 0.25) is 0 Å². The summed E-state index contributed by atoms with van der Waals surface area (Å²) in [5, 5.41) is 0. The molecule has 0 saturated heterocycles. The summed E-state index contributed by atoms with van der Waals surface area (Å²) < 4.78 is 57.3. The van der Waals surface area contributed by atoms with Gasteiger partial charge in [-0.2, -0.15) is 0 Å². The van der Waals surface area contributed by atoms with Crippen LogP contribution in [-0.4, -0.2) is 0 Å². The number of halogens is 4. The first kappa shape index (κ1) is 21.4. The number of benzene rings is 3. The standard InChI is InChI=1S/C27H24F4/c1-17-7-15-22(26(30)24(17)28)20-11-8-18(9-12-20)10-13-21-14-16-23(27(31)25(21)29)19-5-3-2-4-6-19/h2-7,10,13-16,18,20H,8-9,11-12H2,1H3/b13-10+. The Morgan fingerprint density at radius 3 is 2.13 bits per heavy atom. The number of hydrogen-bond donors (Lipinski definition) is 0. The van der Waals surface area contributed by atoms with E-state index in [1.54, 1.807) is 61.5 Å². The van der Waals surface area contributed by atoms with Gasteiger partial charge in [-0.3, -0.25) is 0 Å². The molecule has 1 aliphatic rings. The maximum absolute atomic E-state index is 14.6. The van der Waals surface area contributed by atoms with Crippen molar-refractivity contribution in [2.45, 2.75) is 38.5 Å². The topological polar surface area (TPSA) is 0 Å². The lowest BCUT2D eigenvalue weighted by molar-refractivity contribution is 0.364. The molecule has 0 bridgehead atoms. The fourth-order valence-electron chi connectivity index (χ4n) is 4.37. The van der Waals surface area contributed by atoms with Crippen LogP contribution >= 0.6 is 0 Å². The SMILES string of the molecule is Cc1ccc(C2CCC(/C=C/c3ccc(-c4ccccc4)c(F)c3F)CC2)c(F)c1F. The van der Waals surface area contributed by atoms with Gasteiger partial charge in [0.15, 0.2) is 23.3 Å². The van der Waals surface area contributed by atoms with Gasteiger partial charge in [-0.25, -0.2) is 17.6 Å². The smallest absolute Gasteiger partial charge is 0.167 e. The van der Waals surface area contributed by atoms with Crippen molar-refractivity contribution >= 4 is 6.08 Å². The molecule has 1 saturated carbocycles. The first-order chi connectivity index (χ1) is 15.0. The molecule has 4 heteroatoms. The van der Waals surface area contributed by atoms with E-state index in [1.165, 1.54) is 0 Å². The number of rotatable bonds is 4. The van der Waals surface area contributed by atoms with E-state index < -0.39 is 23.3 Å². The van der Waals surface area contributed by atoms with Crippen molar-refractivity contribution in [3.63, 3.8) is 0 Å². The lowest BCUT2D eigenvalue weighted by Gasteiger charge is -2.27. The third-order valence-corrected chi connectivity index (χ3v) is 6.26. The molecule has 4 rings (SSSR count). The van der Waals surface area contributed by atoms with Gasteiger partial charge in [0, 0.05) is 11.1 Å². The second-order valence-electron chi connectivity index (χ2n) is 8.27. The fourth-order valence-corrected chi connectivity index (χ4v) is 4.37. The van der Waals surface area contributed by atoms with Gasteiger partial charge >= 0.3 is 0 Å². The van der Waals surface area contributed by atoms with Crippen LogP contribution in [0.15, 0.2) is 60.7 Å². The minimum absolute atomic E-state index is 0.0147. The molecule has 31 heavy (non-hydrogen) atoms. The molecule has 0 amide bonds. The van der Waals surface area contributed by atoms with E-state index in [2.05, 4.69) is 0 Å². The number of hydrogen-bond acceptors (Lipinski definition) is 0. The first-order valence-corrected chi connectivity index (χ1v) is 10.6. The zero-order chi connectivity index (χ0) is 22.0. The van der Waals surface area contributed by atoms with Crippen LogP contribution in [0, 0.1) is 36.1 Å². The third kappa shape index (κ3) is 4.43. The normalized spacial score (nSPS) is 19.1. The molecule has 0 aromatic heterocycles. The van der Waals surface area contributed by atoms with Gasteiger partial charge in [-0.15, -0.1) is 0 Å². The van der Waals surface area contributed by atoms with Crippen LogP contribution in [0.25, 0.3) is 17.2 Å². The molecule has 1 fully saturated rings. The Bertz CT molecular complexity index is 1090. The van der Waals surface area contributed by atoms with Crippen LogP contribution in [0.3, 0.4) is 0 Å². The zero-order valence-electron chi connectivity index (χ0n) is 17.3. The summed E-state index contributed by atoms with van der Waals surface area (Å²) in [5.41, 5.74) is 1.84. The highest BCUT2D eigenvalue weighted by Gasteiger charge is 2.25. The maximum atomic E-state index is 14.6. The molecule has 0 aliphatic heterocycles. The van der Waals surface area contributed by atoms with Crippen LogP contribution in [0.1, 0.15) is 48.3 Å². The summed E-state index contributed by atoms with van der Waals surface area (Å²) in [7, 11) is 0. The van der Waals surface area contributed by atoms with Crippen molar-refractivity contribution in [3.05, 3.63) is 101 Å². The second-order valence-corrected chi connectivity index (χ2v) is 8.27. The summed E-state index contributed by atoms with van der Waals surface area (Å²) in [5.74, 6) is -3.03. The molecule has 0 heterocycles. The predicted molar refractivity (Wildman–Crippen MR) is 117 cm³/mol. The molecule has 160 valence electrons. The van der Waals surface area contributed by atoms with Gasteiger partial charge in [0.25, 0.3) is 0 Å². The summed E-state index contributed by atoms with van der Waals surface area (Å²) in [6, 6.07) is 15.4. The van der Waals surface area contributed by atoms with Gasteiger partial charge in [0.05, 0.1) is 0 Å². The van der Waals surface area contributed by atoms with Crippen molar-refractivity contribution < 1.29 is 17.6 Å². The number of allylic oxidation sites excluding steroid dienone is 1. The highest BCUT2D eigenvalue weighted by Crippen LogP contribution is 2.38. The van der Waals surface area contributed by atoms with Gasteiger partial charge in [0.1, 0.15) is 0 Å². The Kier molecular flexibility index (Phi) is 6.26. The Morgan fingerprint density at radius 2 is 1.42 bits per heavy atom. The first-order valence-electron chi connectivity index (χ1n) is 10.6. The molecule has 1 aliphatic carbocycles. The molecule has 3 aromatic rings. The van der Waals surface area contributed by atoms with Gasteiger partial charge < -0.3 is 0 Å². The molecule has 3 aromatic carbocycles. The quantitative estimate of drug-likeness (QED) is 0.370. The van der Waals surface area contributed by atoms with Crippen LogP contribution in [0.2, 0.25) is 0 Å². The minimum Gasteiger partial charge on any atom is -0.203 e. The van der Waals surface area contributed by atoms with E-state index in [4.69, 9.17) is 0 Å². The highest BCUT2D eigenvalue weighted by atomic mass is 19.2. The second kappa shape index (κ2) is 9.09. The van der Waals surface area contributed by atoms with Gasteiger partial charge in [-0.05, 0) is 61.1 Å². The molecule has 0 atom stereocenters. The Balaban J connectivity index is 1.44. The van der Waals surface area contributed by atoms with E-state index in [9.17, 15) is 17.6 Å². The maximum Gasteiger partial charge on any atom is 0.167 e. The molecule has 0 spiro atoms. The van der Waals surface area contributed by atoms with Crippen LogP contribution < -0.4 is 0 Å². The summed E-state index contributed by atoms with van der Waals surface area (Å²) in [4.78, 5) is 0. The van der Waals surface area contributed by atoms with E-state index >= 15 is 0 Å². The molecule has 0 N–H and O–H groups in total. The zero-order valence-corrected chi connectivity index (χ0v) is 17.3. The largest absolute Gasteiger partial charge is 0.203 e. The molecular formula is C27H24F4. The van der Waals surface area contributed by atoms with Crippen LogP contribution in [0.5, 0.6) is 0 Å². The average Bonchev–Trinajstić information content (AvgIpc) is 2.80. The molecule has 0 unspecified atom stereocenters. The van der Waals surface area contributed by atoms with Crippen molar-refractivity contribution in [2.24, 2.45) is 5.92 Å². The summed E-state index contributed by atoms with van der Waals surface area (Å²) in [6.07, 6.45) is 6.59. The van der Waals surface area contributed by atoms with Crippen molar-refractivity contribution in [1.82, 2.24) is 0 Å².